The first kappa shape index (κ1) is 18.3. The summed E-state index contributed by atoms with van der Waals surface area (Å²) >= 11 is 0. The van der Waals surface area contributed by atoms with E-state index in [2.05, 4.69) is 29.0 Å². The van der Waals surface area contributed by atoms with E-state index < -0.39 is 10.0 Å². The van der Waals surface area contributed by atoms with E-state index in [1.807, 2.05) is 50.2 Å². The van der Waals surface area contributed by atoms with Gasteiger partial charge in [0.2, 0.25) is 0 Å². The first-order valence-corrected chi connectivity index (χ1v) is 10.6. The highest BCUT2D eigenvalue weighted by molar-refractivity contribution is 7.92. The molecule has 0 saturated carbocycles. The molecule has 4 rings (SSSR count). The van der Waals surface area contributed by atoms with Crippen molar-refractivity contribution < 1.29 is 8.42 Å². The number of benzene rings is 4. The van der Waals surface area contributed by atoms with Crippen molar-refractivity contribution in [2.24, 2.45) is 0 Å². The third-order valence-electron chi connectivity index (χ3n) is 4.91. The second-order valence-electron chi connectivity index (χ2n) is 6.94. The van der Waals surface area contributed by atoms with Crippen molar-refractivity contribution in [2.75, 3.05) is 4.72 Å². The van der Waals surface area contributed by atoms with Crippen LogP contribution >= 0.6 is 0 Å². The van der Waals surface area contributed by atoms with Crippen LogP contribution in [-0.2, 0) is 10.0 Å². The molecule has 3 nitrogen and oxygen atoms in total. The Labute approximate surface area is 165 Å². The first-order valence-electron chi connectivity index (χ1n) is 9.13. The summed E-state index contributed by atoms with van der Waals surface area (Å²) in [5, 5.41) is 2.23. The van der Waals surface area contributed by atoms with Gasteiger partial charge in [-0.15, -0.1) is 0 Å². The summed E-state index contributed by atoms with van der Waals surface area (Å²) in [6.07, 6.45) is 0. The maximum absolute atomic E-state index is 12.9. The van der Waals surface area contributed by atoms with Gasteiger partial charge in [0.15, 0.2) is 0 Å². The predicted octanol–water partition coefficient (Wildman–Crippen LogP) is 5.92. The van der Waals surface area contributed by atoms with Crippen LogP contribution in [0.5, 0.6) is 0 Å². The van der Waals surface area contributed by atoms with Gasteiger partial charge in [-0.05, 0) is 53.9 Å². The van der Waals surface area contributed by atoms with Gasteiger partial charge in [0.05, 0.1) is 10.6 Å². The van der Waals surface area contributed by atoms with Gasteiger partial charge in [-0.25, -0.2) is 8.42 Å². The lowest BCUT2D eigenvalue weighted by atomic mass is 9.93. The van der Waals surface area contributed by atoms with E-state index in [0.717, 1.165) is 33.0 Å². The fraction of sp³-hybridized carbons (Fsp3) is 0.0833. The molecule has 0 bridgehead atoms. The molecule has 140 valence electrons. The minimum atomic E-state index is -3.68. The van der Waals surface area contributed by atoms with Crippen LogP contribution in [0.3, 0.4) is 0 Å². The largest absolute Gasteiger partial charge is 0.279 e. The van der Waals surface area contributed by atoms with E-state index in [4.69, 9.17) is 0 Å². The van der Waals surface area contributed by atoms with Crippen molar-refractivity contribution in [3.8, 4) is 11.1 Å². The molecule has 4 aromatic rings. The highest BCUT2D eigenvalue weighted by Crippen LogP contribution is 2.37. The number of aryl methyl sites for hydroxylation is 2. The zero-order valence-electron chi connectivity index (χ0n) is 15.8. The van der Waals surface area contributed by atoms with Gasteiger partial charge in [0, 0.05) is 5.56 Å². The third-order valence-corrected chi connectivity index (χ3v) is 6.29. The Morgan fingerprint density at radius 2 is 1.39 bits per heavy atom. The molecule has 0 fully saturated rings. The fourth-order valence-corrected chi connectivity index (χ4v) is 4.53. The number of nitrogens with one attached hydrogen (secondary N) is 1. The third kappa shape index (κ3) is 3.39. The van der Waals surface area contributed by atoms with Gasteiger partial charge in [-0.1, -0.05) is 72.3 Å². The van der Waals surface area contributed by atoms with E-state index in [1.54, 1.807) is 24.3 Å². The van der Waals surface area contributed by atoms with Gasteiger partial charge in [-0.2, -0.15) is 0 Å². The number of para-hydroxylation sites is 1. The lowest BCUT2D eigenvalue weighted by Crippen LogP contribution is -2.13. The summed E-state index contributed by atoms with van der Waals surface area (Å²) in [6, 6.07) is 26.7. The number of rotatable bonds is 4. The molecule has 0 amide bonds. The van der Waals surface area contributed by atoms with Crippen molar-refractivity contribution in [3.05, 3.63) is 96.1 Å². The van der Waals surface area contributed by atoms with Crippen molar-refractivity contribution in [3.63, 3.8) is 0 Å². The van der Waals surface area contributed by atoms with Gasteiger partial charge in [0.1, 0.15) is 0 Å². The summed E-state index contributed by atoms with van der Waals surface area (Å²) in [5.74, 6) is 0. The summed E-state index contributed by atoms with van der Waals surface area (Å²) in [4.78, 5) is 0.252. The van der Waals surface area contributed by atoms with Crippen LogP contribution in [0.25, 0.3) is 21.9 Å². The number of hydrogen-bond acceptors (Lipinski definition) is 2. The molecule has 0 aliphatic rings. The number of anilines is 1. The highest BCUT2D eigenvalue weighted by Gasteiger charge is 2.18. The van der Waals surface area contributed by atoms with Gasteiger partial charge in [-0.3, -0.25) is 4.72 Å². The maximum atomic E-state index is 12.9. The molecule has 0 atom stereocenters. The van der Waals surface area contributed by atoms with Crippen molar-refractivity contribution >= 4 is 26.5 Å². The molecule has 0 heterocycles. The normalized spacial score (nSPS) is 11.5. The Kier molecular flexibility index (Phi) is 4.65. The number of hydrogen-bond donors (Lipinski definition) is 1. The quantitative estimate of drug-likeness (QED) is 0.472. The van der Waals surface area contributed by atoms with E-state index in [0.29, 0.717) is 5.69 Å². The average molecular weight is 388 g/mol. The second kappa shape index (κ2) is 7.13. The Morgan fingerprint density at radius 3 is 2.18 bits per heavy atom. The molecule has 0 aliphatic heterocycles. The van der Waals surface area contributed by atoms with Gasteiger partial charge in [0.25, 0.3) is 10.0 Å². The van der Waals surface area contributed by atoms with Crippen molar-refractivity contribution in [2.45, 2.75) is 18.7 Å². The molecule has 0 aromatic heterocycles. The lowest BCUT2D eigenvalue weighted by Gasteiger charge is -2.16. The zero-order chi connectivity index (χ0) is 19.7. The van der Waals surface area contributed by atoms with Crippen LogP contribution in [0.1, 0.15) is 11.1 Å². The molecule has 0 saturated heterocycles. The fourth-order valence-electron chi connectivity index (χ4n) is 3.45. The molecule has 4 heteroatoms. The molecule has 28 heavy (non-hydrogen) atoms. The Bertz CT molecular complexity index is 1260. The monoisotopic (exact) mass is 387 g/mol. The van der Waals surface area contributed by atoms with Crippen molar-refractivity contribution in [1.29, 1.82) is 0 Å². The summed E-state index contributed by atoms with van der Waals surface area (Å²) in [7, 11) is -3.68. The SMILES string of the molecule is Cc1ccc(S(=O)(=O)Nc2ccccc2-c2c(C)ccc3ccccc23)cc1. The molecule has 0 unspecified atom stereocenters. The van der Waals surface area contributed by atoms with E-state index in [9.17, 15) is 8.42 Å². The summed E-state index contributed by atoms with van der Waals surface area (Å²) in [5.41, 5.74) is 4.60. The lowest BCUT2D eigenvalue weighted by molar-refractivity contribution is 0.601. The predicted molar refractivity (Wildman–Crippen MR) is 116 cm³/mol. The molecular weight excluding hydrogens is 366 g/mol. The standard InChI is InChI=1S/C24H21NO2S/c1-17-11-15-20(16-12-17)28(26,27)25-23-10-6-5-9-22(23)24-18(2)13-14-19-7-3-4-8-21(19)24/h3-16,25H,1-2H3. The Morgan fingerprint density at radius 1 is 0.714 bits per heavy atom. The molecule has 4 aromatic carbocycles. The number of sulfonamides is 1. The minimum Gasteiger partial charge on any atom is -0.279 e. The Hall–Kier alpha value is -3.11. The van der Waals surface area contributed by atoms with Crippen LogP contribution in [0, 0.1) is 13.8 Å². The number of fused-ring (bicyclic) bond motifs is 1. The zero-order valence-corrected chi connectivity index (χ0v) is 16.6. The van der Waals surface area contributed by atoms with Crippen LogP contribution < -0.4 is 4.72 Å². The first-order chi connectivity index (χ1) is 13.5. The topological polar surface area (TPSA) is 46.2 Å². The molecule has 1 N–H and O–H groups in total. The Balaban J connectivity index is 1.85. The van der Waals surface area contributed by atoms with Crippen LogP contribution in [0.15, 0.2) is 89.8 Å². The summed E-state index contributed by atoms with van der Waals surface area (Å²) < 4.78 is 28.7. The van der Waals surface area contributed by atoms with Gasteiger partial charge < -0.3 is 0 Å². The summed E-state index contributed by atoms with van der Waals surface area (Å²) in [6.45, 7) is 3.98. The average Bonchev–Trinajstić information content (AvgIpc) is 2.69. The van der Waals surface area contributed by atoms with E-state index in [1.165, 1.54) is 0 Å². The van der Waals surface area contributed by atoms with Crippen LogP contribution in [0.4, 0.5) is 5.69 Å². The second-order valence-corrected chi connectivity index (χ2v) is 8.63. The molecule has 0 spiro atoms. The molecule has 0 aliphatic carbocycles. The van der Waals surface area contributed by atoms with Crippen LogP contribution in [-0.4, -0.2) is 8.42 Å². The van der Waals surface area contributed by atoms with Crippen LogP contribution in [0.2, 0.25) is 0 Å². The maximum Gasteiger partial charge on any atom is 0.261 e. The minimum absolute atomic E-state index is 0.252. The smallest absolute Gasteiger partial charge is 0.261 e. The van der Waals surface area contributed by atoms with Crippen molar-refractivity contribution in [1.82, 2.24) is 0 Å². The van der Waals surface area contributed by atoms with E-state index in [-0.39, 0.29) is 4.90 Å². The van der Waals surface area contributed by atoms with E-state index >= 15 is 0 Å². The highest BCUT2D eigenvalue weighted by atomic mass is 32.2. The molecular formula is C24H21NO2S. The molecule has 0 radical (unpaired) electrons. The van der Waals surface area contributed by atoms with Gasteiger partial charge >= 0.3 is 0 Å².